The maximum absolute atomic E-state index is 10.8. The third-order valence-electron chi connectivity index (χ3n) is 1.78. The highest BCUT2D eigenvalue weighted by molar-refractivity contribution is 5.75. The van der Waals surface area contributed by atoms with Gasteiger partial charge in [-0.05, 0) is 24.3 Å². The Morgan fingerprint density at radius 2 is 1.88 bits per heavy atom. The number of hydrogen-bond donors (Lipinski definition) is 1. The van der Waals surface area contributed by atoms with Crippen LogP contribution < -0.4 is 10.1 Å². The lowest BCUT2D eigenvalue weighted by molar-refractivity contribution is -0.138. The molecule has 1 N–H and O–H groups in total. The van der Waals surface area contributed by atoms with Gasteiger partial charge >= 0.3 is 11.9 Å². The fourth-order valence-electron chi connectivity index (χ4n) is 1.05. The Bertz CT molecular complexity index is 372. The van der Waals surface area contributed by atoms with Gasteiger partial charge in [-0.2, -0.15) is 0 Å². The van der Waals surface area contributed by atoms with Gasteiger partial charge in [0.25, 0.3) is 0 Å². The molecule has 0 fully saturated rings. The smallest absolute Gasteiger partial charge is 0.325 e. The van der Waals surface area contributed by atoms with Crippen LogP contribution in [0.1, 0.15) is 6.92 Å². The zero-order valence-corrected chi connectivity index (χ0v) is 9.15. The summed E-state index contributed by atoms with van der Waals surface area (Å²) in [5.41, 5.74) is 0.751. The van der Waals surface area contributed by atoms with E-state index in [2.05, 4.69) is 10.1 Å². The van der Waals surface area contributed by atoms with E-state index in [0.29, 0.717) is 5.75 Å². The number of ether oxygens (including phenoxy) is 2. The average Bonchev–Trinajstić information content (AvgIpc) is 2.27. The van der Waals surface area contributed by atoms with E-state index in [1.807, 2.05) is 0 Å². The molecule has 0 aliphatic carbocycles. The minimum Gasteiger partial charge on any atom is -0.468 e. The third-order valence-corrected chi connectivity index (χ3v) is 1.78. The largest absolute Gasteiger partial charge is 0.468 e. The molecule has 16 heavy (non-hydrogen) atoms. The van der Waals surface area contributed by atoms with Gasteiger partial charge in [0.05, 0.1) is 7.11 Å². The van der Waals surface area contributed by atoms with Crippen LogP contribution in [0.25, 0.3) is 0 Å². The highest BCUT2D eigenvalue weighted by atomic mass is 16.5. The molecule has 0 atom stereocenters. The summed E-state index contributed by atoms with van der Waals surface area (Å²) >= 11 is 0. The van der Waals surface area contributed by atoms with Gasteiger partial charge in [0, 0.05) is 12.6 Å². The van der Waals surface area contributed by atoms with Crippen molar-refractivity contribution in [2.24, 2.45) is 0 Å². The van der Waals surface area contributed by atoms with Crippen LogP contribution >= 0.6 is 0 Å². The first kappa shape index (κ1) is 12.0. The summed E-state index contributed by atoms with van der Waals surface area (Å²) in [5, 5.41) is 2.86. The van der Waals surface area contributed by atoms with Gasteiger partial charge < -0.3 is 14.8 Å². The fraction of sp³-hybridized carbons (Fsp3) is 0.273. The van der Waals surface area contributed by atoms with Crippen molar-refractivity contribution in [3.05, 3.63) is 24.3 Å². The molecule has 0 saturated heterocycles. The van der Waals surface area contributed by atoms with E-state index in [9.17, 15) is 9.59 Å². The van der Waals surface area contributed by atoms with Crippen molar-refractivity contribution in [1.29, 1.82) is 0 Å². The second-order valence-electron chi connectivity index (χ2n) is 3.05. The van der Waals surface area contributed by atoms with Crippen LogP contribution in [0, 0.1) is 0 Å². The monoisotopic (exact) mass is 223 g/mol. The number of anilines is 1. The Balaban J connectivity index is 2.51. The standard InChI is InChI=1S/C11H13NO4/c1-8(13)16-10-5-3-9(4-6-10)12-7-11(14)15-2/h3-6,12H,7H2,1-2H3. The lowest BCUT2D eigenvalue weighted by Gasteiger charge is -2.06. The average molecular weight is 223 g/mol. The fourth-order valence-corrected chi connectivity index (χ4v) is 1.05. The van der Waals surface area contributed by atoms with Crippen molar-refractivity contribution in [1.82, 2.24) is 0 Å². The van der Waals surface area contributed by atoms with Gasteiger partial charge in [0.2, 0.25) is 0 Å². The van der Waals surface area contributed by atoms with E-state index in [1.165, 1.54) is 14.0 Å². The van der Waals surface area contributed by atoms with Crippen molar-refractivity contribution in [3.8, 4) is 5.75 Å². The van der Waals surface area contributed by atoms with Gasteiger partial charge in [0.15, 0.2) is 0 Å². The maximum atomic E-state index is 10.8. The zero-order chi connectivity index (χ0) is 12.0. The van der Waals surface area contributed by atoms with Crippen LogP contribution in [0.5, 0.6) is 5.75 Å². The van der Waals surface area contributed by atoms with Crippen LogP contribution in [0.2, 0.25) is 0 Å². The second-order valence-corrected chi connectivity index (χ2v) is 3.05. The summed E-state index contributed by atoms with van der Waals surface area (Å²) in [5.74, 6) is -0.240. The van der Waals surface area contributed by atoms with Crippen molar-refractivity contribution in [2.45, 2.75) is 6.92 Å². The van der Waals surface area contributed by atoms with E-state index < -0.39 is 0 Å². The first-order chi connectivity index (χ1) is 7.61. The molecule has 0 aliphatic rings. The number of carbonyl (C=O) groups excluding carboxylic acids is 2. The quantitative estimate of drug-likeness (QED) is 0.613. The Kier molecular flexibility index (Phi) is 4.32. The van der Waals surface area contributed by atoms with E-state index in [-0.39, 0.29) is 18.5 Å². The van der Waals surface area contributed by atoms with Gasteiger partial charge in [-0.3, -0.25) is 9.59 Å². The lowest BCUT2D eigenvalue weighted by Crippen LogP contribution is -2.14. The summed E-state index contributed by atoms with van der Waals surface area (Å²) in [6.07, 6.45) is 0. The molecule has 0 saturated carbocycles. The molecule has 1 aromatic rings. The number of nitrogens with one attached hydrogen (secondary N) is 1. The molecule has 86 valence electrons. The Morgan fingerprint density at radius 3 is 2.38 bits per heavy atom. The van der Waals surface area contributed by atoms with Crippen LogP contribution in [0.15, 0.2) is 24.3 Å². The molecule has 0 spiro atoms. The minimum atomic E-state index is -0.365. The molecular weight excluding hydrogens is 210 g/mol. The molecule has 5 heteroatoms. The van der Waals surface area contributed by atoms with Crippen molar-refractivity contribution < 1.29 is 19.1 Å². The number of benzene rings is 1. The molecule has 0 amide bonds. The van der Waals surface area contributed by atoms with Crippen molar-refractivity contribution in [2.75, 3.05) is 19.0 Å². The highest BCUT2D eigenvalue weighted by Crippen LogP contribution is 2.15. The first-order valence-electron chi connectivity index (χ1n) is 4.71. The van der Waals surface area contributed by atoms with Gasteiger partial charge in [-0.1, -0.05) is 0 Å². The highest BCUT2D eigenvalue weighted by Gasteiger charge is 2.01. The van der Waals surface area contributed by atoms with Gasteiger partial charge in [0.1, 0.15) is 12.3 Å². The number of hydrogen-bond acceptors (Lipinski definition) is 5. The third kappa shape index (κ3) is 4.00. The second kappa shape index (κ2) is 5.75. The minimum absolute atomic E-state index is 0.101. The van der Waals surface area contributed by atoms with Crippen LogP contribution in [-0.2, 0) is 14.3 Å². The van der Waals surface area contributed by atoms with E-state index in [4.69, 9.17) is 4.74 Å². The van der Waals surface area contributed by atoms with E-state index in [1.54, 1.807) is 24.3 Å². The number of rotatable bonds is 4. The summed E-state index contributed by atoms with van der Waals surface area (Å²) in [4.78, 5) is 21.5. The van der Waals surface area contributed by atoms with Crippen LogP contribution in [-0.4, -0.2) is 25.6 Å². The topological polar surface area (TPSA) is 64.6 Å². The summed E-state index contributed by atoms with van der Waals surface area (Å²) in [7, 11) is 1.33. The first-order valence-corrected chi connectivity index (χ1v) is 4.71. The van der Waals surface area contributed by atoms with Crippen LogP contribution in [0.3, 0.4) is 0 Å². The molecule has 0 bridgehead atoms. The summed E-state index contributed by atoms with van der Waals surface area (Å²) < 4.78 is 9.34. The normalized spacial score (nSPS) is 9.38. The molecule has 1 aromatic carbocycles. The Morgan fingerprint density at radius 1 is 1.25 bits per heavy atom. The molecule has 0 heterocycles. The summed E-state index contributed by atoms with van der Waals surface area (Å²) in [6.45, 7) is 1.44. The molecule has 1 rings (SSSR count). The molecule has 0 aliphatic heterocycles. The van der Waals surface area contributed by atoms with Gasteiger partial charge in [-0.15, -0.1) is 0 Å². The molecule has 0 radical (unpaired) electrons. The van der Waals surface area contributed by atoms with E-state index >= 15 is 0 Å². The Labute approximate surface area is 93.4 Å². The zero-order valence-electron chi connectivity index (χ0n) is 9.15. The predicted octanol–water partition coefficient (Wildman–Crippen LogP) is 1.20. The predicted molar refractivity (Wildman–Crippen MR) is 58.3 cm³/mol. The molecule has 0 unspecified atom stereocenters. The number of carbonyl (C=O) groups is 2. The van der Waals surface area contributed by atoms with E-state index in [0.717, 1.165) is 5.69 Å². The van der Waals surface area contributed by atoms with Gasteiger partial charge in [-0.25, -0.2) is 0 Å². The Hall–Kier alpha value is -2.04. The van der Waals surface area contributed by atoms with Crippen LogP contribution in [0.4, 0.5) is 5.69 Å². The SMILES string of the molecule is COC(=O)CNc1ccc(OC(C)=O)cc1. The maximum Gasteiger partial charge on any atom is 0.325 e. The lowest BCUT2D eigenvalue weighted by atomic mass is 10.3. The molecule has 5 nitrogen and oxygen atoms in total. The molecule has 0 aromatic heterocycles. The summed E-state index contributed by atoms with van der Waals surface area (Å²) in [6, 6.07) is 6.70. The number of esters is 2. The molecular formula is C11H13NO4. The van der Waals surface area contributed by atoms with Crippen molar-refractivity contribution >= 4 is 17.6 Å². The van der Waals surface area contributed by atoms with Crippen molar-refractivity contribution in [3.63, 3.8) is 0 Å². The number of methoxy groups -OCH3 is 1.